The van der Waals surface area contributed by atoms with E-state index in [2.05, 4.69) is 22.2 Å². The summed E-state index contributed by atoms with van der Waals surface area (Å²) in [5, 5.41) is 2.90. The number of carbonyl (C=O) groups is 1. The Morgan fingerprint density at radius 2 is 2.11 bits per heavy atom. The van der Waals surface area contributed by atoms with Gasteiger partial charge >= 0.3 is 0 Å². The lowest BCUT2D eigenvalue weighted by Gasteiger charge is -2.32. The molecule has 106 valence electrons. The van der Waals surface area contributed by atoms with E-state index in [1.165, 1.54) is 12.5 Å². The predicted octanol–water partition coefficient (Wildman–Crippen LogP) is 1.04. The number of carbonyl (C=O) groups excluding carboxylic acids is 1. The Morgan fingerprint density at radius 1 is 1.32 bits per heavy atom. The Balaban J connectivity index is 1.51. The van der Waals surface area contributed by atoms with Crippen LogP contribution in [0.3, 0.4) is 0 Å². The fourth-order valence-electron chi connectivity index (χ4n) is 2.23. The van der Waals surface area contributed by atoms with Gasteiger partial charge in [-0.1, -0.05) is 0 Å². The standard InChI is InChI=1S/C14H23N3O2/c1-16-7-9-17(10-8-16)6-3-2-5-15-14(18)13-4-11-19-12-13/h4,11-12H,2-3,5-10H2,1H3,(H,15,18). The third-order valence-electron chi connectivity index (χ3n) is 3.57. The number of unbranched alkanes of at least 4 members (excludes halogenated alkanes) is 1. The normalized spacial score (nSPS) is 17.5. The summed E-state index contributed by atoms with van der Waals surface area (Å²) in [4.78, 5) is 16.5. The smallest absolute Gasteiger partial charge is 0.254 e. The molecule has 0 aliphatic carbocycles. The van der Waals surface area contributed by atoms with Gasteiger partial charge in [0, 0.05) is 32.7 Å². The van der Waals surface area contributed by atoms with Crippen molar-refractivity contribution >= 4 is 5.91 Å². The molecule has 1 amide bonds. The van der Waals surface area contributed by atoms with Gasteiger partial charge in [-0.2, -0.15) is 0 Å². The van der Waals surface area contributed by atoms with Crippen LogP contribution in [-0.4, -0.2) is 62.0 Å². The maximum Gasteiger partial charge on any atom is 0.254 e. The Kier molecular flexibility index (Phi) is 5.42. The molecule has 1 fully saturated rings. The van der Waals surface area contributed by atoms with Crippen molar-refractivity contribution in [1.82, 2.24) is 15.1 Å². The van der Waals surface area contributed by atoms with Gasteiger partial charge in [0.15, 0.2) is 0 Å². The van der Waals surface area contributed by atoms with Crippen LogP contribution in [0.1, 0.15) is 23.2 Å². The third kappa shape index (κ3) is 4.69. The highest BCUT2D eigenvalue weighted by Crippen LogP contribution is 2.02. The SMILES string of the molecule is CN1CCN(CCCCNC(=O)c2ccoc2)CC1. The lowest BCUT2D eigenvalue weighted by Crippen LogP contribution is -2.44. The molecule has 0 bridgehead atoms. The minimum atomic E-state index is -0.0478. The van der Waals surface area contributed by atoms with Crippen molar-refractivity contribution in [3.63, 3.8) is 0 Å². The molecule has 0 saturated carbocycles. The molecular formula is C14H23N3O2. The Hall–Kier alpha value is -1.33. The molecule has 0 atom stereocenters. The molecule has 2 heterocycles. The molecule has 5 nitrogen and oxygen atoms in total. The van der Waals surface area contributed by atoms with Gasteiger partial charge in [0.25, 0.3) is 5.91 Å². The fraction of sp³-hybridized carbons (Fsp3) is 0.643. The summed E-state index contributed by atoms with van der Waals surface area (Å²) in [5.74, 6) is -0.0478. The van der Waals surface area contributed by atoms with E-state index < -0.39 is 0 Å². The molecule has 1 aliphatic heterocycles. The number of piperazine rings is 1. The van der Waals surface area contributed by atoms with Crippen LogP contribution in [0, 0.1) is 0 Å². The quantitative estimate of drug-likeness (QED) is 0.781. The van der Waals surface area contributed by atoms with Crippen molar-refractivity contribution in [2.45, 2.75) is 12.8 Å². The molecule has 1 aliphatic rings. The summed E-state index contributed by atoms with van der Waals surface area (Å²) in [6.45, 7) is 6.53. The minimum absolute atomic E-state index is 0.0478. The molecule has 1 aromatic rings. The summed E-state index contributed by atoms with van der Waals surface area (Å²) in [5.41, 5.74) is 0.596. The van der Waals surface area contributed by atoms with Crippen molar-refractivity contribution in [2.24, 2.45) is 0 Å². The van der Waals surface area contributed by atoms with Crippen molar-refractivity contribution in [1.29, 1.82) is 0 Å². The zero-order valence-corrected chi connectivity index (χ0v) is 11.6. The number of nitrogens with zero attached hydrogens (tertiary/aromatic N) is 2. The predicted molar refractivity (Wildman–Crippen MR) is 74.2 cm³/mol. The largest absolute Gasteiger partial charge is 0.472 e. The molecule has 0 spiro atoms. The van der Waals surface area contributed by atoms with E-state index in [1.54, 1.807) is 6.07 Å². The van der Waals surface area contributed by atoms with E-state index in [9.17, 15) is 4.79 Å². The van der Waals surface area contributed by atoms with Crippen molar-refractivity contribution in [3.05, 3.63) is 24.2 Å². The second-order valence-electron chi connectivity index (χ2n) is 5.12. The second-order valence-corrected chi connectivity index (χ2v) is 5.12. The number of hydrogen-bond donors (Lipinski definition) is 1. The molecule has 2 rings (SSSR count). The first kappa shape index (κ1) is 14.1. The molecule has 0 unspecified atom stereocenters. The molecule has 0 aromatic carbocycles. The van der Waals surface area contributed by atoms with Crippen LogP contribution in [0.25, 0.3) is 0 Å². The first-order chi connectivity index (χ1) is 9.25. The van der Waals surface area contributed by atoms with Gasteiger partial charge in [0.2, 0.25) is 0 Å². The van der Waals surface area contributed by atoms with Crippen LogP contribution < -0.4 is 5.32 Å². The van der Waals surface area contributed by atoms with Crippen molar-refractivity contribution < 1.29 is 9.21 Å². The Bertz CT molecular complexity index is 370. The highest BCUT2D eigenvalue weighted by molar-refractivity contribution is 5.93. The number of likely N-dealkylation sites (N-methyl/N-ethyl adjacent to an activating group) is 1. The van der Waals surface area contributed by atoms with Crippen LogP contribution in [0.2, 0.25) is 0 Å². The van der Waals surface area contributed by atoms with Gasteiger partial charge in [0.05, 0.1) is 11.8 Å². The number of furan rings is 1. The summed E-state index contributed by atoms with van der Waals surface area (Å²) >= 11 is 0. The lowest BCUT2D eigenvalue weighted by molar-refractivity contribution is 0.0951. The minimum Gasteiger partial charge on any atom is -0.472 e. The molecule has 19 heavy (non-hydrogen) atoms. The van der Waals surface area contributed by atoms with E-state index >= 15 is 0 Å². The summed E-state index contributed by atoms with van der Waals surface area (Å²) in [6, 6.07) is 1.68. The molecule has 1 saturated heterocycles. The zero-order valence-electron chi connectivity index (χ0n) is 11.6. The summed E-state index contributed by atoms with van der Waals surface area (Å²) in [7, 11) is 2.17. The van der Waals surface area contributed by atoms with Crippen molar-refractivity contribution in [2.75, 3.05) is 46.3 Å². The molecule has 1 aromatic heterocycles. The van der Waals surface area contributed by atoms with Crippen molar-refractivity contribution in [3.8, 4) is 0 Å². The molecule has 5 heteroatoms. The van der Waals surface area contributed by atoms with Gasteiger partial charge in [-0.25, -0.2) is 0 Å². The first-order valence-electron chi connectivity index (χ1n) is 6.97. The third-order valence-corrected chi connectivity index (χ3v) is 3.57. The van der Waals surface area contributed by atoms with Crippen LogP contribution in [0.15, 0.2) is 23.0 Å². The maximum atomic E-state index is 11.6. The highest BCUT2D eigenvalue weighted by Gasteiger charge is 2.12. The lowest BCUT2D eigenvalue weighted by atomic mass is 10.2. The number of nitrogens with one attached hydrogen (secondary N) is 1. The molecular weight excluding hydrogens is 242 g/mol. The van der Waals surface area contributed by atoms with E-state index in [4.69, 9.17) is 4.42 Å². The average Bonchev–Trinajstić information content (AvgIpc) is 2.94. The van der Waals surface area contributed by atoms with Crippen LogP contribution >= 0.6 is 0 Å². The van der Waals surface area contributed by atoms with Gasteiger partial charge in [-0.15, -0.1) is 0 Å². The zero-order chi connectivity index (χ0) is 13.5. The summed E-state index contributed by atoms with van der Waals surface area (Å²) < 4.78 is 4.88. The highest BCUT2D eigenvalue weighted by atomic mass is 16.3. The monoisotopic (exact) mass is 265 g/mol. The topological polar surface area (TPSA) is 48.7 Å². The summed E-state index contributed by atoms with van der Waals surface area (Å²) in [6.07, 6.45) is 5.15. The van der Waals surface area contributed by atoms with Crippen LogP contribution in [0.4, 0.5) is 0 Å². The Morgan fingerprint density at radius 3 is 2.79 bits per heavy atom. The van der Waals surface area contributed by atoms with Gasteiger partial charge in [0.1, 0.15) is 6.26 Å². The molecule has 1 N–H and O–H groups in total. The number of rotatable bonds is 6. The van der Waals surface area contributed by atoms with E-state index in [0.29, 0.717) is 5.56 Å². The van der Waals surface area contributed by atoms with Gasteiger partial charge in [-0.05, 0) is 32.5 Å². The van der Waals surface area contributed by atoms with E-state index in [-0.39, 0.29) is 5.91 Å². The Labute approximate surface area is 114 Å². The van der Waals surface area contributed by atoms with Gasteiger partial charge < -0.3 is 19.5 Å². The van der Waals surface area contributed by atoms with Crippen LogP contribution in [0.5, 0.6) is 0 Å². The second kappa shape index (κ2) is 7.31. The maximum absolute atomic E-state index is 11.6. The number of hydrogen-bond acceptors (Lipinski definition) is 4. The van der Waals surface area contributed by atoms with E-state index in [1.807, 2.05) is 0 Å². The first-order valence-corrected chi connectivity index (χ1v) is 6.97. The van der Waals surface area contributed by atoms with Gasteiger partial charge in [-0.3, -0.25) is 4.79 Å². The van der Waals surface area contributed by atoms with E-state index in [0.717, 1.165) is 52.1 Å². The number of amides is 1. The molecule has 0 radical (unpaired) electrons. The average molecular weight is 265 g/mol. The van der Waals surface area contributed by atoms with Crippen LogP contribution in [-0.2, 0) is 0 Å². The fourth-order valence-corrected chi connectivity index (χ4v) is 2.23.